The number of hydrogen-bond acceptors (Lipinski definition) is 4. The highest BCUT2D eigenvalue weighted by Crippen LogP contribution is 1.76. The van der Waals surface area contributed by atoms with E-state index < -0.39 is 0 Å². The lowest BCUT2D eigenvalue weighted by Gasteiger charge is -2.10. The van der Waals surface area contributed by atoms with Crippen molar-refractivity contribution in [1.82, 2.24) is 5.32 Å². The third-order valence-corrected chi connectivity index (χ3v) is 0.846. The predicted octanol–water partition coefficient (Wildman–Crippen LogP) is -0.288. The van der Waals surface area contributed by atoms with Gasteiger partial charge in [-0.3, -0.25) is 5.26 Å². The second-order valence-corrected chi connectivity index (χ2v) is 1.54. The van der Waals surface area contributed by atoms with Crippen LogP contribution in [0.3, 0.4) is 0 Å². The van der Waals surface area contributed by atoms with E-state index in [1.807, 2.05) is 0 Å². The zero-order valence-electron chi connectivity index (χ0n) is 5.59. The first-order valence-electron chi connectivity index (χ1n) is 2.88. The van der Waals surface area contributed by atoms with Gasteiger partial charge in [-0.1, -0.05) is 0 Å². The molecular formula is C5H13NO3. The maximum atomic E-state index is 7.07. The lowest BCUT2D eigenvalue weighted by atomic mass is 10.5. The first-order valence-corrected chi connectivity index (χ1v) is 2.88. The predicted molar refractivity (Wildman–Crippen MR) is 33.3 cm³/mol. The molecule has 0 aromatic heterocycles. The largest absolute Gasteiger partial charge is 0.379 e. The van der Waals surface area contributed by atoms with Crippen molar-refractivity contribution < 1.29 is 14.9 Å². The third-order valence-electron chi connectivity index (χ3n) is 0.846. The molecule has 1 heterocycles. The molecule has 0 radical (unpaired) electrons. The summed E-state index contributed by atoms with van der Waals surface area (Å²) in [6.07, 6.45) is 0. The minimum atomic E-state index is 0.889. The maximum absolute atomic E-state index is 7.07. The monoisotopic (exact) mass is 135 g/mol. The first kappa shape index (κ1) is 8.84. The summed E-state index contributed by atoms with van der Waals surface area (Å²) in [5.74, 6) is 0. The molecule has 0 unspecified atom stereocenters. The Morgan fingerprint density at radius 3 is 2.00 bits per heavy atom. The van der Waals surface area contributed by atoms with Crippen molar-refractivity contribution in [3.05, 3.63) is 0 Å². The summed E-state index contributed by atoms with van der Waals surface area (Å²) < 4.78 is 5.01. The van der Waals surface area contributed by atoms with Gasteiger partial charge in [0.1, 0.15) is 0 Å². The lowest BCUT2D eigenvalue weighted by molar-refractivity contribution is -0.214. The van der Waals surface area contributed by atoms with E-state index in [4.69, 9.17) is 9.99 Å². The molecule has 1 rings (SSSR count). The minimum absolute atomic E-state index is 0.889. The topological polar surface area (TPSA) is 50.7 Å². The average Bonchev–Trinajstić information content (AvgIpc) is 1.93. The van der Waals surface area contributed by atoms with Crippen molar-refractivity contribution >= 4 is 0 Å². The maximum Gasteiger partial charge on any atom is 0.0710 e. The van der Waals surface area contributed by atoms with Crippen LogP contribution in [-0.2, 0) is 9.62 Å². The van der Waals surface area contributed by atoms with Crippen molar-refractivity contribution in [3.8, 4) is 0 Å². The lowest BCUT2D eigenvalue weighted by Crippen LogP contribution is -2.30. The van der Waals surface area contributed by atoms with Crippen LogP contribution in [0.4, 0.5) is 0 Å². The van der Waals surface area contributed by atoms with Crippen LogP contribution in [0, 0.1) is 0 Å². The van der Waals surface area contributed by atoms with E-state index in [0.717, 1.165) is 26.3 Å². The minimum Gasteiger partial charge on any atom is -0.379 e. The van der Waals surface area contributed by atoms with Crippen LogP contribution in [0.1, 0.15) is 0 Å². The summed E-state index contributed by atoms with van der Waals surface area (Å²) >= 11 is 0. The smallest absolute Gasteiger partial charge is 0.0710 e. The van der Waals surface area contributed by atoms with Crippen LogP contribution >= 0.6 is 0 Å². The number of rotatable bonds is 0. The van der Waals surface area contributed by atoms with E-state index in [9.17, 15) is 0 Å². The molecule has 0 amide bonds. The van der Waals surface area contributed by atoms with E-state index in [1.165, 1.54) is 7.11 Å². The van der Waals surface area contributed by atoms with E-state index in [-0.39, 0.29) is 0 Å². The Balaban J connectivity index is 0.000000187. The van der Waals surface area contributed by atoms with Crippen LogP contribution in [0.5, 0.6) is 0 Å². The highest BCUT2D eigenvalue weighted by atomic mass is 17.1. The van der Waals surface area contributed by atoms with E-state index >= 15 is 0 Å². The number of nitrogens with one attached hydrogen (secondary N) is 1. The molecule has 0 atom stereocenters. The van der Waals surface area contributed by atoms with Crippen LogP contribution in [0.2, 0.25) is 0 Å². The zero-order chi connectivity index (χ0) is 6.95. The Kier molecular flexibility index (Phi) is 7.70. The van der Waals surface area contributed by atoms with Gasteiger partial charge in [0, 0.05) is 13.1 Å². The van der Waals surface area contributed by atoms with Crippen LogP contribution < -0.4 is 5.32 Å². The van der Waals surface area contributed by atoms with Gasteiger partial charge in [0.15, 0.2) is 0 Å². The Labute approximate surface area is 54.7 Å². The van der Waals surface area contributed by atoms with Gasteiger partial charge in [-0.25, -0.2) is 4.89 Å². The molecule has 4 heteroatoms. The standard InChI is InChI=1S/C4H9NO.CH4O2/c1-3-6-4-2-5-1;1-3-2/h5H,1-4H2;2H,1H3. The highest BCUT2D eigenvalue weighted by Gasteiger charge is 1.92. The van der Waals surface area contributed by atoms with Crippen molar-refractivity contribution in [1.29, 1.82) is 0 Å². The van der Waals surface area contributed by atoms with Gasteiger partial charge < -0.3 is 10.1 Å². The molecule has 1 aliphatic heterocycles. The Morgan fingerprint density at radius 1 is 1.44 bits per heavy atom. The van der Waals surface area contributed by atoms with Crippen molar-refractivity contribution in [2.45, 2.75) is 0 Å². The summed E-state index contributed by atoms with van der Waals surface area (Å²) in [6, 6.07) is 0. The normalized spacial score (nSPS) is 18.0. The SMILES string of the molecule is C1COCCN1.COO. The Bertz CT molecular complexity index is 36.0. The molecule has 0 aliphatic carbocycles. The second-order valence-electron chi connectivity index (χ2n) is 1.54. The Morgan fingerprint density at radius 2 is 1.89 bits per heavy atom. The molecule has 1 fully saturated rings. The molecule has 0 bridgehead atoms. The van der Waals surface area contributed by atoms with Crippen LogP contribution in [0.25, 0.3) is 0 Å². The second kappa shape index (κ2) is 7.84. The van der Waals surface area contributed by atoms with Crippen molar-refractivity contribution in [3.63, 3.8) is 0 Å². The molecule has 9 heavy (non-hydrogen) atoms. The van der Waals surface area contributed by atoms with E-state index in [0.29, 0.717) is 0 Å². The molecule has 0 spiro atoms. The molecule has 0 aromatic rings. The molecule has 56 valence electrons. The summed E-state index contributed by atoms with van der Waals surface area (Å²) in [4.78, 5) is 3.25. The molecule has 0 aromatic carbocycles. The van der Waals surface area contributed by atoms with Crippen LogP contribution in [-0.4, -0.2) is 38.7 Å². The summed E-state index contributed by atoms with van der Waals surface area (Å²) in [5.41, 5.74) is 0. The molecule has 4 nitrogen and oxygen atoms in total. The summed E-state index contributed by atoms with van der Waals surface area (Å²) in [6.45, 7) is 3.83. The van der Waals surface area contributed by atoms with Gasteiger partial charge in [0.25, 0.3) is 0 Å². The fourth-order valence-electron chi connectivity index (χ4n) is 0.516. The first-order chi connectivity index (χ1) is 4.41. The van der Waals surface area contributed by atoms with Gasteiger partial charge in [-0.05, 0) is 0 Å². The van der Waals surface area contributed by atoms with E-state index in [2.05, 4.69) is 10.2 Å². The van der Waals surface area contributed by atoms with Gasteiger partial charge in [-0.15, -0.1) is 0 Å². The van der Waals surface area contributed by atoms with Crippen molar-refractivity contribution in [2.75, 3.05) is 33.4 Å². The number of ether oxygens (including phenoxy) is 1. The molecule has 2 N–H and O–H groups in total. The molecular weight excluding hydrogens is 122 g/mol. The van der Waals surface area contributed by atoms with Gasteiger partial charge in [0.2, 0.25) is 0 Å². The fraction of sp³-hybridized carbons (Fsp3) is 1.00. The fourth-order valence-corrected chi connectivity index (χ4v) is 0.516. The average molecular weight is 135 g/mol. The van der Waals surface area contributed by atoms with Gasteiger partial charge in [-0.2, -0.15) is 0 Å². The Hall–Kier alpha value is -0.160. The van der Waals surface area contributed by atoms with Gasteiger partial charge in [0.05, 0.1) is 20.3 Å². The van der Waals surface area contributed by atoms with Crippen LogP contribution in [0.15, 0.2) is 0 Å². The molecule has 1 saturated heterocycles. The third kappa shape index (κ3) is 7.84. The molecule has 0 saturated carbocycles. The highest BCUT2D eigenvalue weighted by molar-refractivity contribution is 4.49. The summed E-state index contributed by atoms with van der Waals surface area (Å²) in [7, 11) is 1.18. The number of morpholine rings is 1. The zero-order valence-corrected chi connectivity index (χ0v) is 5.59. The summed E-state index contributed by atoms with van der Waals surface area (Å²) in [5, 5.41) is 10.2. The quantitative estimate of drug-likeness (QED) is 0.354. The number of hydrogen-bond donors (Lipinski definition) is 2. The van der Waals surface area contributed by atoms with Crippen molar-refractivity contribution in [2.24, 2.45) is 0 Å². The van der Waals surface area contributed by atoms with E-state index in [1.54, 1.807) is 0 Å². The molecule has 1 aliphatic rings. The van der Waals surface area contributed by atoms with Gasteiger partial charge >= 0.3 is 0 Å².